The lowest BCUT2D eigenvalue weighted by Crippen LogP contribution is -2.59. The number of hydrogen-bond donors (Lipinski definition) is 1. The van der Waals surface area contributed by atoms with Crippen LogP contribution in [0.4, 0.5) is 4.79 Å². The number of carbonyl (C=O) groups excluding carboxylic acids is 1. The minimum Gasteiger partial charge on any atom is -0.487 e. The van der Waals surface area contributed by atoms with Gasteiger partial charge in [-0.15, -0.1) is 0 Å². The van der Waals surface area contributed by atoms with E-state index >= 15 is 0 Å². The maximum atomic E-state index is 12.1. The number of ether oxygens (including phenoxy) is 1. The first kappa shape index (κ1) is 15.2. The molecule has 2 saturated heterocycles. The summed E-state index contributed by atoms with van der Waals surface area (Å²) in [6.45, 7) is 6.51. The fourth-order valence-corrected chi connectivity index (χ4v) is 3.23. The first-order valence-corrected chi connectivity index (χ1v) is 8.25. The summed E-state index contributed by atoms with van der Waals surface area (Å²) in [4.78, 5) is 16.4. The molecular formula is C17H25N3O2. The number of urea groups is 1. The molecule has 1 aromatic carbocycles. The zero-order valence-corrected chi connectivity index (χ0v) is 13.2. The highest BCUT2D eigenvalue weighted by molar-refractivity contribution is 5.75. The van der Waals surface area contributed by atoms with Gasteiger partial charge >= 0.3 is 6.03 Å². The minimum atomic E-state index is 0.0378. The Bertz CT molecular complexity index is 488. The molecular weight excluding hydrogens is 278 g/mol. The first-order chi connectivity index (χ1) is 10.8. The lowest BCUT2D eigenvalue weighted by molar-refractivity contribution is 0.0439. The molecule has 5 heteroatoms. The molecule has 22 heavy (non-hydrogen) atoms. The Morgan fingerprint density at radius 3 is 2.82 bits per heavy atom. The van der Waals surface area contributed by atoms with Crippen molar-refractivity contribution in [2.75, 3.05) is 32.7 Å². The van der Waals surface area contributed by atoms with Crippen molar-refractivity contribution in [3.05, 3.63) is 30.3 Å². The van der Waals surface area contributed by atoms with Gasteiger partial charge < -0.3 is 15.0 Å². The highest BCUT2D eigenvalue weighted by Gasteiger charge is 2.33. The predicted molar refractivity (Wildman–Crippen MR) is 86.1 cm³/mol. The van der Waals surface area contributed by atoms with Crippen LogP contribution in [0.1, 0.15) is 19.8 Å². The maximum Gasteiger partial charge on any atom is 0.317 e. The van der Waals surface area contributed by atoms with E-state index in [1.807, 2.05) is 35.2 Å². The van der Waals surface area contributed by atoms with E-state index in [4.69, 9.17) is 4.74 Å². The van der Waals surface area contributed by atoms with Crippen LogP contribution in [-0.2, 0) is 0 Å². The summed E-state index contributed by atoms with van der Waals surface area (Å²) in [7, 11) is 0. The van der Waals surface area contributed by atoms with Gasteiger partial charge in [0, 0.05) is 12.6 Å². The molecule has 2 heterocycles. The molecule has 0 spiro atoms. The van der Waals surface area contributed by atoms with Gasteiger partial charge in [-0.3, -0.25) is 4.90 Å². The van der Waals surface area contributed by atoms with Crippen LogP contribution in [0.25, 0.3) is 0 Å². The summed E-state index contributed by atoms with van der Waals surface area (Å²) in [5, 5.41) is 3.07. The number of nitrogens with one attached hydrogen (secondary N) is 1. The van der Waals surface area contributed by atoms with Gasteiger partial charge in [0.1, 0.15) is 11.9 Å². The Morgan fingerprint density at radius 1 is 1.32 bits per heavy atom. The minimum absolute atomic E-state index is 0.0378. The van der Waals surface area contributed by atoms with E-state index in [1.165, 1.54) is 12.8 Å². The molecule has 0 radical (unpaired) electrons. The third-order valence-electron chi connectivity index (χ3n) is 4.58. The second-order valence-electron chi connectivity index (χ2n) is 6.07. The van der Waals surface area contributed by atoms with E-state index in [9.17, 15) is 4.79 Å². The van der Waals surface area contributed by atoms with Crippen molar-refractivity contribution < 1.29 is 9.53 Å². The molecule has 3 rings (SSSR count). The second-order valence-corrected chi connectivity index (χ2v) is 6.07. The van der Waals surface area contributed by atoms with Crippen LogP contribution >= 0.6 is 0 Å². The topological polar surface area (TPSA) is 44.8 Å². The number of carbonyl (C=O) groups is 1. The van der Waals surface area contributed by atoms with Crippen LogP contribution in [0.3, 0.4) is 0 Å². The van der Waals surface area contributed by atoms with Gasteiger partial charge in [0.2, 0.25) is 0 Å². The van der Waals surface area contributed by atoms with Gasteiger partial charge in [-0.2, -0.15) is 0 Å². The number of nitrogens with zero attached hydrogens (tertiary/aromatic N) is 2. The Morgan fingerprint density at radius 2 is 2.09 bits per heavy atom. The fourth-order valence-electron chi connectivity index (χ4n) is 3.23. The molecule has 0 aromatic heterocycles. The first-order valence-electron chi connectivity index (χ1n) is 8.25. The summed E-state index contributed by atoms with van der Waals surface area (Å²) in [6.07, 6.45) is 2.55. The molecule has 1 N–H and O–H groups in total. The van der Waals surface area contributed by atoms with Crippen LogP contribution in [0.15, 0.2) is 30.3 Å². The van der Waals surface area contributed by atoms with Gasteiger partial charge in [0.15, 0.2) is 0 Å². The summed E-state index contributed by atoms with van der Waals surface area (Å²) in [5.41, 5.74) is 0. The number of rotatable bonds is 5. The third kappa shape index (κ3) is 3.53. The molecule has 0 bridgehead atoms. The van der Waals surface area contributed by atoms with Gasteiger partial charge in [0.05, 0.1) is 13.1 Å². The lowest BCUT2D eigenvalue weighted by Gasteiger charge is -2.39. The number of hydrogen-bond acceptors (Lipinski definition) is 3. The average molecular weight is 303 g/mol. The monoisotopic (exact) mass is 303 g/mol. The van der Waals surface area contributed by atoms with Gasteiger partial charge in [-0.1, -0.05) is 25.1 Å². The normalized spacial score (nSPS) is 22.4. The van der Waals surface area contributed by atoms with Crippen molar-refractivity contribution >= 4 is 6.03 Å². The Kier molecular flexibility index (Phi) is 4.83. The predicted octanol–water partition coefficient (Wildman–Crippen LogP) is 1.94. The molecule has 5 nitrogen and oxygen atoms in total. The summed E-state index contributed by atoms with van der Waals surface area (Å²) < 4.78 is 5.81. The van der Waals surface area contributed by atoms with Crippen LogP contribution < -0.4 is 10.1 Å². The van der Waals surface area contributed by atoms with Crippen molar-refractivity contribution in [1.82, 2.24) is 15.1 Å². The average Bonchev–Trinajstić information content (AvgIpc) is 2.96. The fraction of sp³-hybridized carbons (Fsp3) is 0.588. The van der Waals surface area contributed by atoms with Crippen LogP contribution in [-0.4, -0.2) is 60.7 Å². The number of amides is 2. The van der Waals surface area contributed by atoms with E-state index in [0.29, 0.717) is 19.1 Å². The highest BCUT2D eigenvalue weighted by atomic mass is 16.5. The van der Waals surface area contributed by atoms with Gasteiger partial charge in [0.25, 0.3) is 0 Å². The van der Waals surface area contributed by atoms with Crippen LogP contribution in [0, 0.1) is 0 Å². The number of likely N-dealkylation sites (tertiary alicyclic amines) is 2. The number of likely N-dealkylation sites (N-methyl/N-ethyl adjacent to an activating group) is 1. The molecule has 1 unspecified atom stereocenters. The van der Waals surface area contributed by atoms with Crippen molar-refractivity contribution in [2.45, 2.75) is 31.9 Å². The molecule has 1 atom stereocenters. The molecule has 2 aliphatic rings. The SMILES string of the molecule is CCN1CCCC1CNC(=O)N1CC(Oc2ccccc2)C1. The Labute approximate surface area is 132 Å². The number of benzene rings is 1. The van der Waals surface area contributed by atoms with E-state index in [0.717, 1.165) is 25.4 Å². The largest absolute Gasteiger partial charge is 0.487 e. The zero-order valence-electron chi connectivity index (χ0n) is 13.2. The van der Waals surface area contributed by atoms with Gasteiger partial charge in [-0.25, -0.2) is 4.79 Å². The zero-order chi connectivity index (χ0) is 15.4. The van der Waals surface area contributed by atoms with Gasteiger partial charge in [-0.05, 0) is 38.1 Å². The summed E-state index contributed by atoms with van der Waals surface area (Å²) >= 11 is 0. The summed E-state index contributed by atoms with van der Waals surface area (Å²) in [6, 6.07) is 10.3. The summed E-state index contributed by atoms with van der Waals surface area (Å²) in [5.74, 6) is 0.872. The molecule has 2 amide bonds. The van der Waals surface area contributed by atoms with Crippen LogP contribution in [0.2, 0.25) is 0 Å². The smallest absolute Gasteiger partial charge is 0.317 e. The standard InChI is InChI=1S/C17H25N3O2/c1-2-19-10-6-7-14(19)11-18-17(21)20-12-16(13-20)22-15-8-4-3-5-9-15/h3-5,8-9,14,16H,2,6-7,10-13H2,1H3,(H,18,21). The van der Waals surface area contributed by atoms with E-state index in [2.05, 4.69) is 17.1 Å². The van der Waals surface area contributed by atoms with Crippen LogP contribution in [0.5, 0.6) is 5.75 Å². The molecule has 1 aromatic rings. The second kappa shape index (κ2) is 7.01. The molecule has 2 fully saturated rings. The quantitative estimate of drug-likeness (QED) is 0.904. The maximum absolute atomic E-state index is 12.1. The molecule has 2 aliphatic heterocycles. The van der Waals surface area contributed by atoms with Crippen molar-refractivity contribution in [3.8, 4) is 5.75 Å². The highest BCUT2D eigenvalue weighted by Crippen LogP contribution is 2.18. The lowest BCUT2D eigenvalue weighted by atomic mass is 10.2. The number of para-hydroxylation sites is 1. The Hall–Kier alpha value is -1.75. The van der Waals surface area contributed by atoms with Crippen molar-refractivity contribution in [1.29, 1.82) is 0 Å². The molecule has 0 aliphatic carbocycles. The van der Waals surface area contributed by atoms with E-state index < -0.39 is 0 Å². The van der Waals surface area contributed by atoms with Crippen molar-refractivity contribution in [2.24, 2.45) is 0 Å². The van der Waals surface area contributed by atoms with E-state index in [1.54, 1.807) is 0 Å². The Balaban J connectivity index is 1.36. The molecule has 120 valence electrons. The van der Waals surface area contributed by atoms with E-state index in [-0.39, 0.29) is 12.1 Å². The molecule has 0 saturated carbocycles. The third-order valence-corrected chi connectivity index (χ3v) is 4.58. The van der Waals surface area contributed by atoms with Crippen molar-refractivity contribution in [3.63, 3.8) is 0 Å².